The van der Waals surface area contributed by atoms with Gasteiger partial charge in [-0.15, -0.1) is 0 Å². The van der Waals surface area contributed by atoms with Crippen molar-refractivity contribution in [2.45, 2.75) is 19.8 Å². The molecule has 1 rings (SSSR count). The molecule has 1 aliphatic carbocycles. The van der Waals surface area contributed by atoms with Gasteiger partial charge in [-0.1, -0.05) is 24.8 Å². The van der Waals surface area contributed by atoms with E-state index >= 15 is 0 Å². The number of allylic oxidation sites excluding steroid dienone is 4. The molecule has 0 radical (unpaired) electrons. The van der Waals surface area contributed by atoms with Gasteiger partial charge in [0.05, 0.1) is 0 Å². The van der Waals surface area contributed by atoms with Crippen molar-refractivity contribution in [2.75, 3.05) is 0 Å². The molecule has 0 heterocycles. The molecule has 9 heavy (non-hydrogen) atoms. The molecule has 48 valence electrons. The zero-order chi connectivity index (χ0) is 6.85. The third kappa shape index (κ3) is 1.13. The van der Waals surface area contributed by atoms with Crippen LogP contribution in [0.1, 0.15) is 19.8 Å². The third-order valence-corrected chi connectivity index (χ3v) is 1.71. The molecule has 0 aliphatic heterocycles. The van der Waals surface area contributed by atoms with Crippen LogP contribution in [0.3, 0.4) is 0 Å². The smallest absolute Gasteiger partial charge is 0.00671 e. The summed E-state index contributed by atoms with van der Waals surface area (Å²) in [6, 6.07) is 0. The Morgan fingerprint density at radius 3 is 2.22 bits per heavy atom. The van der Waals surface area contributed by atoms with Gasteiger partial charge < -0.3 is 0 Å². The predicted molar refractivity (Wildman–Crippen MR) is 41.3 cm³/mol. The minimum atomic E-state index is 1.01. The lowest BCUT2D eigenvalue weighted by atomic mass is 10.1. The molecule has 0 atom stereocenters. The zero-order valence-corrected chi connectivity index (χ0v) is 5.91. The van der Waals surface area contributed by atoms with Crippen molar-refractivity contribution in [3.05, 3.63) is 36.0 Å². The van der Waals surface area contributed by atoms with Crippen LogP contribution in [0.25, 0.3) is 0 Å². The summed E-state index contributed by atoms with van der Waals surface area (Å²) in [5.74, 6) is 0. The highest BCUT2D eigenvalue weighted by Crippen LogP contribution is 2.31. The van der Waals surface area contributed by atoms with Gasteiger partial charge >= 0.3 is 0 Å². The van der Waals surface area contributed by atoms with Crippen molar-refractivity contribution in [1.29, 1.82) is 0 Å². The number of hydrogen-bond acceptors (Lipinski definition) is 0. The molecule has 1 saturated carbocycles. The molecule has 0 aromatic heterocycles. The van der Waals surface area contributed by atoms with Gasteiger partial charge in [0.2, 0.25) is 0 Å². The van der Waals surface area contributed by atoms with Gasteiger partial charge in [0.1, 0.15) is 0 Å². The summed E-state index contributed by atoms with van der Waals surface area (Å²) in [5, 5.41) is 0. The van der Waals surface area contributed by atoms with Crippen LogP contribution in [0, 0.1) is 0 Å². The lowest BCUT2D eigenvalue weighted by molar-refractivity contribution is 1.21. The molecule has 0 heteroatoms. The van der Waals surface area contributed by atoms with E-state index in [2.05, 4.69) is 26.2 Å². The van der Waals surface area contributed by atoms with Crippen LogP contribution in [0.2, 0.25) is 0 Å². The topological polar surface area (TPSA) is 0 Å². The van der Waals surface area contributed by atoms with Crippen LogP contribution in [0.5, 0.6) is 0 Å². The van der Waals surface area contributed by atoms with Crippen molar-refractivity contribution in [3.8, 4) is 0 Å². The maximum atomic E-state index is 3.93. The summed E-state index contributed by atoms with van der Waals surface area (Å²) >= 11 is 0. The molecule has 0 bridgehead atoms. The second-order valence-electron chi connectivity index (χ2n) is 2.52. The highest BCUT2D eigenvalue weighted by molar-refractivity contribution is 5.41. The minimum absolute atomic E-state index is 1.01. The van der Waals surface area contributed by atoms with E-state index in [0.29, 0.717) is 0 Å². The molecule has 0 saturated heterocycles. The van der Waals surface area contributed by atoms with Crippen LogP contribution in [-0.4, -0.2) is 0 Å². The van der Waals surface area contributed by atoms with E-state index in [9.17, 15) is 0 Å². The van der Waals surface area contributed by atoms with Crippen molar-refractivity contribution < 1.29 is 0 Å². The predicted octanol–water partition coefficient (Wildman–Crippen LogP) is 2.84. The molecule has 0 aromatic rings. The normalized spacial score (nSPS) is 23.9. The van der Waals surface area contributed by atoms with Crippen molar-refractivity contribution >= 4 is 0 Å². The summed E-state index contributed by atoms with van der Waals surface area (Å²) < 4.78 is 0. The summed E-state index contributed by atoms with van der Waals surface area (Å²) in [6.07, 6.45) is 4.19. The van der Waals surface area contributed by atoms with E-state index in [4.69, 9.17) is 0 Å². The van der Waals surface area contributed by atoms with Gasteiger partial charge in [0, 0.05) is 0 Å². The SMILES string of the molecule is C=C1CC(=C)C(=CC)C1. The highest BCUT2D eigenvalue weighted by atomic mass is 14.2. The molecule has 1 fully saturated rings. The Labute approximate surface area is 56.6 Å². The van der Waals surface area contributed by atoms with Crippen LogP contribution < -0.4 is 0 Å². The number of rotatable bonds is 0. The second-order valence-corrected chi connectivity index (χ2v) is 2.52. The molecule has 0 aromatic carbocycles. The maximum absolute atomic E-state index is 3.93. The Hall–Kier alpha value is -0.780. The fourth-order valence-electron chi connectivity index (χ4n) is 1.18. The average Bonchev–Trinajstić information content (AvgIpc) is 2.10. The third-order valence-electron chi connectivity index (χ3n) is 1.71. The number of hydrogen-bond donors (Lipinski definition) is 0. The lowest BCUT2D eigenvalue weighted by Crippen LogP contribution is -1.71. The van der Waals surface area contributed by atoms with E-state index < -0.39 is 0 Å². The summed E-state index contributed by atoms with van der Waals surface area (Å²) in [6.45, 7) is 9.88. The first-order chi connectivity index (χ1) is 4.24. The van der Waals surface area contributed by atoms with Crippen LogP contribution in [-0.2, 0) is 0 Å². The first-order valence-corrected chi connectivity index (χ1v) is 3.24. The van der Waals surface area contributed by atoms with Crippen molar-refractivity contribution in [1.82, 2.24) is 0 Å². The molecular weight excluding hydrogens is 108 g/mol. The summed E-state index contributed by atoms with van der Waals surface area (Å²) in [7, 11) is 0. The van der Waals surface area contributed by atoms with E-state index in [0.717, 1.165) is 12.8 Å². The standard InChI is InChI=1S/C9H12/c1-4-9-6-7(2)5-8(9)3/h4H,2-3,5-6H2,1H3. The van der Waals surface area contributed by atoms with E-state index in [-0.39, 0.29) is 0 Å². The average molecular weight is 120 g/mol. The van der Waals surface area contributed by atoms with Crippen LogP contribution >= 0.6 is 0 Å². The monoisotopic (exact) mass is 120 g/mol. The zero-order valence-electron chi connectivity index (χ0n) is 5.91. The Bertz CT molecular complexity index is 182. The van der Waals surface area contributed by atoms with Gasteiger partial charge in [-0.25, -0.2) is 0 Å². The first-order valence-electron chi connectivity index (χ1n) is 3.24. The van der Waals surface area contributed by atoms with Gasteiger partial charge in [-0.05, 0) is 30.9 Å². The van der Waals surface area contributed by atoms with E-state index in [1.54, 1.807) is 0 Å². The van der Waals surface area contributed by atoms with Crippen molar-refractivity contribution in [3.63, 3.8) is 0 Å². The summed E-state index contributed by atoms with van der Waals surface area (Å²) in [4.78, 5) is 0. The highest BCUT2D eigenvalue weighted by Gasteiger charge is 2.12. The Balaban J connectivity index is 2.81. The Morgan fingerprint density at radius 2 is 2.00 bits per heavy atom. The molecule has 0 amide bonds. The fraction of sp³-hybridized carbons (Fsp3) is 0.333. The van der Waals surface area contributed by atoms with Crippen molar-refractivity contribution in [2.24, 2.45) is 0 Å². The molecular formula is C9H12. The van der Waals surface area contributed by atoms with Gasteiger partial charge in [-0.3, -0.25) is 0 Å². The Morgan fingerprint density at radius 1 is 1.33 bits per heavy atom. The van der Waals surface area contributed by atoms with Gasteiger partial charge in [0.15, 0.2) is 0 Å². The largest absolute Gasteiger partial charge is 0.0992 e. The molecule has 0 unspecified atom stereocenters. The molecule has 0 nitrogen and oxygen atoms in total. The molecule has 1 aliphatic rings. The maximum Gasteiger partial charge on any atom is -0.00671 e. The van der Waals surface area contributed by atoms with E-state index in [1.165, 1.54) is 16.7 Å². The summed E-state index contributed by atoms with van der Waals surface area (Å²) in [5.41, 5.74) is 3.93. The Kier molecular flexibility index (Phi) is 1.56. The van der Waals surface area contributed by atoms with Gasteiger partial charge in [0.25, 0.3) is 0 Å². The second kappa shape index (κ2) is 2.22. The van der Waals surface area contributed by atoms with Gasteiger partial charge in [-0.2, -0.15) is 0 Å². The van der Waals surface area contributed by atoms with Crippen LogP contribution in [0.15, 0.2) is 36.0 Å². The minimum Gasteiger partial charge on any atom is -0.0992 e. The lowest BCUT2D eigenvalue weighted by Gasteiger charge is -1.91. The fourth-order valence-corrected chi connectivity index (χ4v) is 1.18. The van der Waals surface area contributed by atoms with Crippen LogP contribution in [0.4, 0.5) is 0 Å². The molecule has 0 N–H and O–H groups in total. The first kappa shape index (κ1) is 6.34. The van der Waals surface area contributed by atoms with E-state index in [1.807, 2.05) is 0 Å². The molecule has 0 spiro atoms. The quantitative estimate of drug-likeness (QED) is 0.431.